The van der Waals surface area contributed by atoms with Crippen LogP contribution in [0.2, 0.25) is 0 Å². The summed E-state index contributed by atoms with van der Waals surface area (Å²) < 4.78 is 20.3. The van der Waals surface area contributed by atoms with Gasteiger partial charge in [0.1, 0.15) is 18.3 Å². The molecule has 4 atom stereocenters. The first-order valence-electron chi connectivity index (χ1n) is 9.13. The molecule has 0 aromatic heterocycles. The zero-order chi connectivity index (χ0) is 21.1. The molecule has 0 heterocycles. The van der Waals surface area contributed by atoms with E-state index >= 15 is 0 Å². The van der Waals surface area contributed by atoms with Gasteiger partial charge >= 0.3 is 13.8 Å². The molecule has 0 fully saturated rings. The predicted molar refractivity (Wildman–Crippen MR) is 96.0 cm³/mol. The van der Waals surface area contributed by atoms with E-state index in [1.807, 2.05) is 13.8 Å². The third kappa shape index (κ3) is 9.45. The molecule has 0 aliphatic carbocycles. The molecule has 10 nitrogen and oxygen atoms in total. The molecule has 0 aromatic carbocycles. The highest BCUT2D eigenvalue weighted by Crippen LogP contribution is 2.36. The summed E-state index contributed by atoms with van der Waals surface area (Å²) >= 11 is 0. The number of carboxylic acids is 1. The summed E-state index contributed by atoms with van der Waals surface area (Å²) in [5, 5.41) is 40.2. The van der Waals surface area contributed by atoms with E-state index in [0.29, 0.717) is 19.3 Å². The molecule has 0 amide bonds. The first-order valence-corrected chi connectivity index (χ1v) is 10.7. The maximum Gasteiger partial charge on any atom is 0.469 e. The van der Waals surface area contributed by atoms with Crippen molar-refractivity contribution < 1.29 is 48.8 Å². The molecule has 0 spiro atoms. The average molecular weight is 416 g/mol. The van der Waals surface area contributed by atoms with Crippen LogP contribution in [0.15, 0.2) is 0 Å². The molecule has 0 saturated carbocycles. The van der Waals surface area contributed by atoms with Gasteiger partial charge in [0, 0.05) is 6.61 Å². The van der Waals surface area contributed by atoms with E-state index in [1.165, 1.54) is 0 Å². The van der Waals surface area contributed by atoms with E-state index in [0.717, 1.165) is 19.3 Å². The largest absolute Gasteiger partial charge is 0.479 e. The fourth-order valence-electron chi connectivity index (χ4n) is 2.60. The summed E-state index contributed by atoms with van der Waals surface area (Å²) in [6.07, 6.45) is -1.96. The molecule has 3 unspecified atom stereocenters. The number of carboxylic acid groups (broad SMARTS) is 1. The molecule has 0 bridgehead atoms. The number of phosphoric ester groups is 1. The minimum atomic E-state index is -4.90. The highest BCUT2D eigenvalue weighted by molar-refractivity contribution is 7.46. The second kappa shape index (κ2) is 12.8. The van der Waals surface area contributed by atoms with E-state index in [2.05, 4.69) is 4.52 Å². The van der Waals surface area contributed by atoms with Gasteiger partial charge in [0.05, 0.1) is 6.61 Å². The molecular formula is C16H33O10P. The standard InChI is InChI=1S/C16H33O10P/c1-3-5-7-9-16(15(20)21,25-10-8-6-4-2)14(19)13(18)12(17)11-26-27(22,23)24/h12-14,17-19H,3-11H2,1-2H3,(H,20,21)(H2,22,23,24)/t12?,13?,14?,16-/m1/s1. The predicted octanol–water partition coefficient (Wildman–Crippen LogP) is 0.789. The minimum absolute atomic E-state index is 0.0467. The SMILES string of the molecule is CCCCCO[C@@](CCCCC)(C(=O)O)C(O)C(O)C(O)COP(=O)(O)O. The van der Waals surface area contributed by atoms with Crippen molar-refractivity contribution in [3.8, 4) is 0 Å². The number of aliphatic carboxylic acids is 1. The van der Waals surface area contributed by atoms with Gasteiger partial charge in [-0.05, 0) is 19.3 Å². The Labute approximate surface area is 159 Å². The van der Waals surface area contributed by atoms with Gasteiger partial charge in [-0.15, -0.1) is 0 Å². The topological polar surface area (TPSA) is 174 Å². The normalized spacial score (nSPS) is 17.9. The lowest BCUT2D eigenvalue weighted by Crippen LogP contribution is -2.59. The van der Waals surface area contributed by atoms with Crippen molar-refractivity contribution >= 4 is 13.8 Å². The fourth-order valence-corrected chi connectivity index (χ4v) is 2.95. The Bertz CT molecular complexity index is 468. The van der Waals surface area contributed by atoms with Gasteiger partial charge in [0.2, 0.25) is 0 Å². The number of phosphoric acid groups is 1. The number of rotatable bonds is 16. The molecule has 0 aliphatic heterocycles. The van der Waals surface area contributed by atoms with E-state index in [-0.39, 0.29) is 13.0 Å². The zero-order valence-electron chi connectivity index (χ0n) is 15.9. The number of aliphatic hydroxyl groups excluding tert-OH is 3. The molecular weight excluding hydrogens is 383 g/mol. The van der Waals surface area contributed by atoms with E-state index in [4.69, 9.17) is 14.5 Å². The summed E-state index contributed by atoms with van der Waals surface area (Å²) in [6.45, 7) is 2.94. The third-order valence-electron chi connectivity index (χ3n) is 4.23. The molecule has 0 saturated heterocycles. The Hall–Kier alpha value is -0.580. The molecule has 0 radical (unpaired) electrons. The van der Waals surface area contributed by atoms with E-state index in [1.54, 1.807) is 0 Å². The van der Waals surface area contributed by atoms with Gasteiger partial charge in [-0.1, -0.05) is 39.5 Å². The molecule has 6 N–H and O–H groups in total. The quantitative estimate of drug-likeness (QED) is 0.156. The minimum Gasteiger partial charge on any atom is -0.479 e. The number of aliphatic hydroxyl groups is 3. The third-order valence-corrected chi connectivity index (χ3v) is 4.72. The van der Waals surface area contributed by atoms with Crippen LogP contribution in [0.5, 0.6) is 0 Å². The molecule has 27 heavy (non-hydrogen) atoms. The Morgan fingerprint density at radius 2 is 1.59 bits per heavy atom. The van der Waals surface area contributed by atoms with Crippen LogP contribution in [-0.4, -0.2) is 73.3 Å². The summed E-state index contributed by atoms with van der Waals surface area (Å²) in [5.74, 6) is -1.48. The van der Waals surface area contributed by atoms with Crippen LogP contribution in [0.3, 0.4) is 0 Å². The Kier molecular flexibility index (Phi) is 12.5. The van der Waals surface area contributed by atoms with Crippen LogP contribution >= 0.6 is 7.82 Å². The van der Waals surface area contributed by atoms with Crippen LogP contribution in [-0.2, 0) is 18.6 Å². The fraction of sp³-hybridized carbons (Fsp3) is 0.938. The second-order valence-corrected chi connectivity index (χ2v) is 7.74. The van der Waals surface area contributed by atoms with Crippen LogP contribution in [0, 0.1) is 0 Å². The number of carbonyl (C=O) groups is 1. The van der Waals surface area contributed by atoms with Gasteiger partial charge in [-0.2, -0.15) is 0 Å². The van der Waals surface area contributed by atoms with Gasteiger partial charge in [-0.3, -0.25) is 4.52 Å². The van der Waals surface area contributed by atoms with Crippen molar-refractivity contribution in [1.82, 2.24) is 0 Å². The smallest absolute Gasteiger partial charge is 0.469 e. The monoisotopic (exact) mass is 416 g/mol. The second-order valence-electron chi connectivity index (χ2n) is 6.50. The van der Waals surface area contributed by atoms with Crippen molar-refractivity contribution in [3.63, 3.8) is 0 Å². The molecule has 0 aromatic rings. The van der Waals surface area contributed by atoms with Gasteiger partial charge < -0.3 is 34.9 Å². The van der Waals surface area contributed by atoms with Gasteiger partial charge in [0.25, 0.3) is 0 Å². The van der Waals surface area contributed by atoms with Gasteiger partial charge in [-0.25, -0.2) is 9.36 Å². The first-order chi connectivity index (χ1) is 12.5. The molecule has 11 heteroatoms. The van der Waals surface area contributed by atoms with E-state index in [9.17, 15) is 29.8 Å². The maximum atomic E-state index is 11.9. The van der Waals surface area contributed by atoms with Crippen molar-refractivity contribution in [2.75, 3.05) is 13.2 Å². The molecule has 162 valence electrons. The maximum absolute atomic E-state index is 11.9. The number of ether oxygens (including phenoxy) is 1. The lowest BCUT2D eigenvalue weighted by molar-refractivity contribution is -0.207. The Morgan fingerprint density at radius 3 is 2.07 bits per heavy atom. The Balaban J connectivity index is 5.32. The number of unbranched alkanes of at least 4 members (excludes halogenated alkanes) is 4. The molecule has 0 rings (SSSR count). The van der Waals surface area contributed by atoms with Crippen LogP contribution in [0.25, 0.3) is 0 Å². The van der Waals surface area contributed by atoms with Crippen molar-refractivity contribution in [2.24, 2.45) is 0 Å². The van der Waals surface area contributed by atoms with Crippen LogP contribution in [0.4, 0.5) is 0 Å². The molecule has 0 aliphatic rings. The van der Waals surface area contributed by atoms with Crippen LogP contribution < -0.4 is 0 Å². The lowest BCUT2D eigenvalue weighted by Gasteiger charge is -2.37. The van der Waals surface area contributed by atoms with Gasteiger partial charge in [0.15, 0.2) is 5.60 Å². The zero-order valence-corrected chi connectivity index (χ0v) is 16.8. The van der Waals surface area contributed by atoms with Crippen molar-refractivity contribution in [1.29, 1.82) is 0 Å². The lowest BCUT2D eigenvalue weighted by atomic mass is 9.85. The van der Waals surface area contributed by atoms with Crippen molar-refractivity contribution in [2.45, 2.75) is 82.7 Å². The number of hydrogen-bond donors (Lipinski definition) is 6. The summed E-state index contributed by atoms with van der Waals surface area (Å²) in [5.41, 5.74) is -2.15. The number of hydrogen-bond acceptors (Lipinski definition) is 7. The summed E-state index contributed by atoms with van der Waals surface area (Å²) in [6, 6.07) is 0. The average Bonchev–Trinajstić information content (AvgIpc) is 2.59. The summed E-state index contributed by atoms with van der Waals surface area (Å²) in [4.78, 5) is 29.3. The highest BCUT2D eigenvalue weighted by Gasteiger charge is 2.50. The Morgan fingerprint density at radius 1 is 1.04 bits per heavy atom. The van der Waals surface area contributed by atoms with E-state index < -0.39 is 44.3 Å². The highest BCUT2D eigenvalue weighted by atomic mass is 31.2. The van der Waals surface area contributed by atoms with Crippen molar-refractivity contribution in [3.05, 3.63) is 0 Å². The first kappa shape index (κ1) is 26.4. The summed E-state index contributed by atoms with van der Waals surface area (Å²) in [7, 11) is -4.90. The van der Waals surface area contributed by atoms with Crippen LogP contribution in [0.1, 0.15) is 58.8 Å².